The van der Waals surface area contributed by atoms with Crippen molar-refractivity contribution in [2.24, 2.45) is 0 Å². The van der Waals surface area contributed by atoms with Gasteiger partial charge in [0.15, 0.2) is 0 Å². The van der Waals surface area contributed by atoms with Gasteiger partial charge in [0.1, 0.15) is 0 Å². The van der Waals surface area contributed by atoms with E-state index in [-0.39, 0.29) is 0 Å². The Hall–Kier alpha value is -0.120. The molecule has 1 aliphatic rings. The summed E-state index contributed by atoms with van der Waals surface area (Å²) in [6.07, 6.45) is 6.04. The van der Waals surface area contributed by atoms with Crippen LogP contribution in [0.2, 0.25) is 0 Å². The van der Waals surface area contributed by atoms with Crippen molar-refractivity contribution < 1.29 is 9.84 Å². The molecule has 1 fully saturated rings. The highest BCUT2D eigenvalue weighted by Gasteiger charge is 2.27. The molecule has 90 valence electrons. The zero-order valence-corrected chi connectivity index (χ0v) is 10.1. The maximum absolute atomic E-state index is 8.89. The fraction of sp³-hybridized carbons (Fsp3) is 1.00. The Labute approximate surface area is 93.4 Å². The number of hydrogen-bond donors (Lipinski definition) is 1. The maximum atomic E-state index is 8.89. The monoisotopic (exact) mass is 215 g/mol. The van der Waals surface area contributed by atoms with Gasteiger partial charge in [-0.2, -0.15) is 0 Å². The molecule has 1 saturated carbocycles. The molecule has 0 saturated heterocycles. The van der Waals surface area contributed by atoms with Crippen LogP contribution in [0.25, 0.3) is 0 Å². The lowest BCUT2D eigenvalue weighted by molar-refractivity contribution is 0.0606. The molecule has 15 heavy (non-hydrogen) atoms. The summed E-state index contributed by atoms with van der Waals surface area (Å²) >= 11 is 0. The lowest BCUT2D eigenvalue weighted by Crippen LogP contribution is -2.46. The van der Waals surface area contributed by atoms with Crippen LogP contribution in [-0.4, -0.2) is 49.0 Å². The molecule has 0 spiro atoms. The normalized spacial score (nSPS) is 19.2. The van der Waals surface area contributed by atoms with E-state index < -0.39 is 0 Å². The second-order valence-electron chi connectivity index (χ2n) is 4.53. The van der Waals surface area contributed by atoms with Crippen LogP contribution in [0.1, 0.15) is 39.0 Å². The second kappa shape index (κ2) is 7.20. The van der Waals surface area contributed by atoms with Gasteiger partial charge >= 0.3 is 0 Å². The van der Waals surface area contributed by atoms with E-state index in [0.717, 1.165) is 32.0 Å². The molecule has 0 aromatic carbocycles. The van der Waals surface area contributed by atoms with E-state index in [4.69, 9.17) is 9.84 Å². The molecular formula is C12H25NO2. The third kappa shape index (κ3) is 4.09. The highest BCUT2D eigenvalue weighted by Crippen LogP contribution is 2.27. The van der Waals surface area contributed by atoms with Crippen LogP contribution in [0.3, 0.4) is 0 Å². The molecule has 1 atom stereocenters. The van der Waals surface area contributed by atoms with Gasteiger partial charge in [-0.1, -0.05) is 6.42 Å². The Bertz CT molecular complexity index is 160. The van der Waals surface area contributed by atoms with E-state index in [2.05, 4.69) is 11.8 Å². The zero-order valence-electron chi connectivity index (χ0n) is 10.1. The fourth-order valence-corrected chi connectivity index (χ4v) is 2.19. The molecular weight excluding hydrogens is 190 g/mol. The van der Waals surface area contributed by atoms with Crippen molar-refractivity contribution in [2.75, 3.05) is 26.9 Å². The van der Waals surface area contributed by atoms with Crippen LogP contribution in [0.4, 0.5) is 0 Å². The summed E-state index contributed by atoms with van der Waals surface area (Å²) in [4.78, 5) is 2.55. The first-order chi connectivity index (χ1) is 7.29. The first-order valence-corrected chi connectivity index (χ1v) is 6.15. The van der Waals surface area contributed by atoms with Crippen molar-refractivity contribution in [3.63, 3.8) is 0 Å². The van der Waals surface area contributed by atoms with Crippen molar-refractivity contribution in [1.29, 1.82) is 0 Å². The summed E-state index contributed by atoms with van der Waals surface area (Å²) in [6, 6.07) is 1.35. The van der Waals surface area contributed by atoms with Crippen molar-refractivity contribution >= 4 is 0 Å². The minimum atomic E-state index is 0.306. The number of nitrogens with zero attached hydrogens (tertiary/aromatic N) is 1. The number of hydrogen-bond acceptors (Lipinski definition) is 3. The van der Waals surface area contributed by atoms with Crippen molar-refractivity contribution in [3.8, 4) is 0 Å². The maximum Gasteiger partial charge on any atom is 0.0477 e. The van der Waals surface area contributed by atoms with Crippen LogP contribution < -0.4 is 0 Å². The average molecular weight is 215 g/mol. The average Bonchev–Trinajstić information content (AvgIpc) is 2.17. The predicted molar refractivity (Wildman–Crippen MR) is 62.0 cm³/mol. The minimum Gasteiger partial charge on any atom is -0.396 e. The number of aliphatic hydroxyl groups is 1. The van der Waals surface area contributed by atoms with Crippen molar-refractivity contribution in [3.05, 3.63) is 0 Å². The summed E-state index contributed by atoms with van der Waals surface area (Å²) in [7, 11) is 1.76. The first-order valence-electron chi connectivity index (χ1n) is 6.15. The molecule has 0 heterocycles. The van der Waals surface area contributed by atoms with Gasteiger partial charge in [-0.3, -0.25) is 4.90 Å². The molecule has 1 rings (SSSR count). The summed E-state index contributed by atoms with van der Waals surface area (Å²) in [6.45, 7) is 4.45. The largest absolute Gasteiger partial charge is 0.396 e. The predicted octanol–water partition coefficient (Wildman–Crippen LogP) is 1.65. The molecule has 0 aliphatic heterocycles. The number of aliphatic hydroxyl groups excluding tert-OH is 1. The smallest absolute Gasteiger partial charge is 0.0477 e. The number of rotatable bonds is 8. The van der Waals surface area contributed by atoms with Gasteiger partial charge in [-0.25, -0.2) is 0 Å². The Kier molecular flexibility index (Phi) is 6.22. The summed E-state index contributed by atoms with van der Waals surface area (Å²) in [5.41, 5.74) is 0. The standard InChI is InChI=1S/C12H25NO2/c1-11(7-10-15-2)13(8-4-9-14)12-5-3-6-12/h11-12,14H,3-10H2,1-2H3. The van der Waals surface area contributed by atoms with Gasteiger partial charge in [0.2, 0.25) is 0 Å². The van der Waals surface area contributed by atoms with Crippen LogP contribution in [0.15, 0.2) is 0 Å². The van der Waals surface area contributed by atoms with Gasteiger partial charge in [0.25, 0.3) is 0 Å². The van der Waals surface area contributed by atoms with E-state index in [1.54, 1.807) is 7.11 Å². The van der Waals surface area contributed by atoms with E-state index in [1.807, 2.05) is 0 Å². The van der Waals surface area contributed by atoms with Crippen LogP contribution in [-0.2, 0) is 4.74 Å². The summed E-state index contributed by atoms with van der Waals surface area (Å²) in [5.74, 6) is 0. The Balaban J connectivity index is 2.31. The Morgan fingerprint density at radius 3 is 2.67 bits per heavy atom. The van der Waals surface area contributed by atoms with Crippen molar-refractivity contribution in [1.82, 2.24) is 4.90 Å². The van der Waals surface area contributed by atoms with Crippen molar-refractivity contribution in [2.45, 2.75) is 51.1 Å². The quantitative estimate of drug-likeness (QED) is 0.668. The SMILES string of the molecule is COCCC(C)N(CCCO)C1CCC1. The minimum absolute atomic E-state index is 0.306. The summed E-state index contributed by atoms with van der Waals surface area (Å²) in [5, 5.41) is 8.89. The molecule has 1 aliphatic carbocycles. The number of ether oxygens (including phenoxy) is 1. The zero-order chi connectivity index (χ0) is 11.1. The molecule has 0 amide bonds. The highest BCUT2D eigenvalue weighted by molar-refractivity contribution is 4.83. The molecule has 3 heteroatoms. The van der Waals surface area contributed by atoms with Gasteiger partial charge in [-0.15, -0.1) is 0 Å². The second-order valence-corrected chi connectivity index (χ2v) is 4.53. The third-order valence-electron chi connectivity index (χ3n) is 3.42. The first kappa shape index (κ1) is 12.9. The van der Waals surface area contributed by atoms with E-state index in [9.17, 15) is 0 Å². The Morgan fingerprint density at radius 1 is 1.47 bits per heavy atom. The van der Waals surface area contributed by atoms with Gasteiger partial charge < -0.3 is 9.84 Å². The lowest BCUT2D eigenvalue weighted by Gasteiger charge is -2.41. The van der Waals surface area contributed by atoms with E-state index in [1.165, 1.54) is 19.3 Å². The third-order valence-corrected chi connectivity index (χ3v) is 3.42. The van der Waals surface area contributed by atoms with Gasteiger partial charge in [0.05, 0.1) is 0 Å². The number of methoxy groups -OCH3 is 1. The summed E-state index contributed by atoms with van der Waals surface area (Å²) < 4.78 is 5.12. The highest BCUT2D eigenvalue weighted by atomic mass is 16.5. The van der Waals surface area contributed by atoms with E-state index >= 15 is 0 Å². The molecule has 0 bridgehead atoms. The van der Waals surface area contributed by atoms with Crippen LogP contribution in [0, 0.1) is 0 Å². The molecule has 0 aromatic heterocycles. The molecule has 3 nitrogen and oxygen atoms in total. The molecule has 1 N–H and O–H groups in total. The fourth-order valence-electron chi connectivity index (χ4n) is 2.19. The lowest BCUT2D eigenvalue weighted by atomic mass is 9.90. The van der Waals surface area contributed by atoms with Gasteiger partial charge in [-0.05, 0) is 32.6 Å². The molecule has 1 unspecified atom stereocenters. The molecule has 0 aromatic rings. The Morgan fingerprint density at radius 2 is 2.20 bits per heavy atom. The van der Waals surface area contributed by atoms with Crippen LogP contribution in [0.5, 0.6) is 0 Å². The van der Waals surface area contributed by atoms with Gasteiger partial charge in [0, 0.05) is 39.0 Å². The van der Waals surface area contributed by atoms with E-state index in [0.29, 0.717) is 12.6 Å². The topological polar surface area (TPSA) is 32.7 Å². The van der Waals surface area contributed by atoms with Crippen LogP contribution >= 0.6 is 0 Å². The molecule has 0 radical (unpaired) electrons.